The van der Waals surface area contributed by atoms with Crippen molar-refractivity contribution < 1.29 is 8.83 Å². The molecule has 4 nitrogen and oxygen atoms in total. The third-order valence-electron chi connectivity index (χ3n) is 7.28. The zero-order chi connectivity index (χ0) is 25.8. The Morgan fingerprint density at radius 3 is 2.00 bits per heavy atom. The van der Waals surface area contributed by atoms with Crippen LogP contribution in [0.4, 0.5) is 17.1 Å². The maximum atomic E-state index is 6.34. The van der Waals surface area contributed by atoms with Gasteiger partial charge in [-0.25, -0.2) is 4.98 Å². The Labute approximate surface area is 224 Å². The number of hydrogen-bond donors (Lipinski definition) is 0. The largest absolute Gasteiger partial charge is 0.456 e. The van der Waals surface area contributed by atoms with E-state index in [0.29, 0.717) is 5.89 Å². The van der Waals surface area contributed by atoms with Gasteiger partial charge in [-0.05, 0) is 66.0 Å². The highest BCUT2D eigenvalue weighted by atomic mass is 16.3. The molecule has 0 atom stereocenters. The lowest BCUT2D eigenvalue weighted by atomic mass is 10.0. The molecule has 0 fully saturated rings. The number of rotatable bonds is 4. The van der Waals surface area contributed by atoms with Gasteiger partial charge in [0.1, 0.15) is 16.7 Å². The number of nitrogens with zero attached hydrogens (tertiary/aromatic N) is 2. The van der Waals surface area contributed by atoms with Crippen LogP contribution in [0, 0.1) is 0 Å². The lowest BCUT2D eigenvalue weighted by Gasteiger charge is -2.25. The van der Waals surface area contributed by atoms with E-state index in [9.17, 15) is 0 Å². The van der Waals surface area contributed by atoms with Gasteiger partial charge < -0.3 is 13.7 Å². The molecule has 0 saturated carbocycles. The highest BCUT2D eigenvalue weighted by Crippen LogP contribution is 2.42. The number of aromatic nitrogens is 1. The maximum absolute atomic E-state index is 6.34. The number of fused-ring (bicyclic) bond motifs is 6. The Bertz CT molecular complexity index is 2090. The number of hydrogen-bond acceptors (Lipinski definition) is 4. The molecule has 184 valence electrons. The van der Waals surface area contributed by atoms with Gasteiger partial charge in [-0.15, -0.1) is 0 Å². The van der Waals surface area contributed by atoms with E-state index >= 15 is 0 Å². The van der Waals surface area contributed by atoms with Gasteiger partial charge in [0.15, 0.2) is 5.58 Å². The molecule has 0 bridgehead atoms. The van der Waals surface area contributed by atoms with Crippen molar-refractivity contribution in [3.8, 4) is 11.5 Å². The van der Waals surface area contributed by atoms with Gasteiger partial charge in [-0.2, -0.15) is 0 Å². The van der Waals surface area contributed by atoms with Crippen LogP contribution in [0.3, 0.4) is 0 Å². The molecule has 0 aliphatic carbocycles. The van der Waals surface area contributed by atoms with E-state index in [-0.39, 0.29) is 0 Å². The van der Waals surface area contributed by atoms with Gasteiger partial charge in [0.25, 0.3) is 0 Å². The van der Waals surface area contributed by atoms with Crippen LogP contribution >= 0.6 is 0 Å². The molecule has 0 aliphatic heterocycles. The summed E-state index contributed by atoms with van der Waals surface area (Å²) in [5.74, 6) is 0.586. The van der Waals surface area contributed by atoms with E-state index in [1.807, 2.05) is 48.5 Å². The summed E-state index contributed by atoms with van der Waals surface area (Å²) in [5, 5.41) is 4.23. The van der Waals surface area contributed by atoms with Crippen LogP contribution in [-0.2, 0) is 0 Å². The number of anilines is 3. The number of para-hydroxylation sites is 2. The molecular weight excluding hydrogens is 480 g/mol. The summed E-state index contributed by atoms with van der Waals surface area (Å²) in [7, 11) is 0. The zero-order valence-electron chi connectivity index (χ0n) is 20.9. The number of benzene rings is 6. The van der Waals surface area contributed by atoms with Crippen LogP contribution in [0.1, 0.15) is 0 Å². The fourth-order valence-corrected chi connectivity index (χ4v) is 5.51. The molecule has 0 saturated heterocycles. The smallest absolute Gasteiger partial charge is 0.228 e. The second-order valence-electron chi connectivity index (χ2n) is 9.62. The quantitative estimate of drug-likeness (QED) is 0.240. The monoisotopic (exact) mass is 502 g/mol. The number of oxazole rings is 1. The first kappa shape index (κ1) is 21.7. The Kier molecular flexibility index (Phi) is 4.79. The predicted octanol–water partition coefficient (Wildman–Crippen LogP) is 10.0. The van der Waals surface area contributed by atoms with E-state index in [0.717, 1.165) is 66.4 Å². The summed E-state index contributed by atoms with van der Waals surface area (Å²) in [6.07, 6.45) is 0. The number of furan rings is 1. The zero-order valence-corrected chi connectivity index (χ0v) is 20.9. The van der Waals surface area contributed by atoms with E-state index in [2.05, 4.69) is 89.8 Å². The minimum absolute atomic E-state index is 0.586. The molecular formula is C35H22N2O2. The lowest BCUT2D eigenvalue weighted by Crippen LogP contribution is -2.09. The minimum Gasteiger partial charge on any atom is -0.456 e. The summed E-state index contributed by atoms with van der Waals surface area (Å²) >= 11 is 0. The minimum atomic E-state index is 0.586. The Hall–Kier alpha value is -5.35. The Morgan fingerprint density at radius 2 is 1.21 bits per heavy atom. The van der Waals surface area contributed by atoms with Crippen LogP contribution in [-0.4, -0.2) is 4.98 Å². The second kappa shape index (κ2) is 8.61. The molecule has 39 heavy (non-hydrogen) atoms. The Morgan fingerprint density at radius 1 is 0.487 bits per heavy atom. The van der Waals surface area contributed by atoms with Gasteiger partial charge in [0, 0.05) is 38.8 Å². The summed E-state index contributed by atoms with van der Waals surface area (Å²) in [4.78, 5) is 7.24. The molecule has 0 aliphatic rings. The van der Waals surface area contributed by atoms with Crippen molar-refractivity contribution in [1.82, 2.24) is 4.98 Å². The summed E-state index contributed by atoms with van der Waals surface area (Å²) < 4.78 is 12.7. The molecule has 0 unspecified atom stereocenters. The van der Waals surface area contributed by atoms with Crippen molar-refractivity contribution in [1.29, 1.82) is 0 Å². The van der Waals surface area contributed by atoms with Gasteiger partial charge >= 0.3 is 0 Å². The molecule has 0 spiro atoms. The van der Waals surface area contributed by atoms with Crippen molar-refractivity contribution in [3.63, 3.8) is 0 Å². The van der Waals surface area contributed by atoms with Gasteiger partial charge in [-0.1, -0.05) is 72.8 Å². The third kappa shape index (κ3) is 3.50. The second-order valence-corrected chi connectivity index (χ2v) is 9.62. The topological polar surface area (TPSA) is 42.4 Å². The standard InChI is InChI=1S/C35H22N2O2/c1-3-11-24(12-4-1)37(25-13-5-2-6-14-25)26-19-21-30-29(22-26)33-28(16-9-17-31(33)38-30)35-36-34-27-15-8-7-10-23(27)18-20-32(34)39-35/h1-22H. The van der Waals surface area contributed by atoms with Gasteiger partial charge in [-0.3, -0.25) is 0 Å². The molecule has 0 N–H and O–H groups in total. The van der Waals surface area contributed by atoms with Gasteiger partial charge in [0.2, 0.25) is 5.89 Å². The van der Waals surface area contributed by atoms with Crippen LogP contribution in [0.2, 0.25) is 0 Å². The molecule has 6 aromatic carbocycles. The lowest BCUT2D eigenvalue weighted by molar-refractivity contribution is 0.620. The van der Waals surface area contributed by atoms with Crippen LogP contribution < -0.4 is 4.90 Å². The molecule has 2 heterocycles. The van der Waals surface area contributed by atoms with E-state index in [4.69, 9.17) is 13.8 Å². The van der Waals surface area contributed by atoms with Crippen LogP contribution in [0.15, 0.2) is 142 Å². The predicted molar refractivity (Wildman–Crippen MR) is 159 cm³/mol. The summed E-state index contributed by atoms with van der Waals surface area (Å²) in [6, 6.07) is 45.6. The average molecular weight is 503 g/mol. The van der Waals surface area contributed by atoms with Crippen molar-refractivity contribution >= 4 is 60.9 Å². The van der Waals surface area contributed by atoms with Gasteiger partial charge in [0.05, 0.1) is 0 Å². The van der Waals surface area contributed by atoms with Crippen molar-refractivity contribution in [2.24, 2.45) is 0 Å². The van der Waals surface area contributed by atoms with Crippen molar-refractivity contribution in [2.45, 2.75) is 0 Å². The maximum Gasteiger partial charge on any atom is 0.228 e. The fraction of sp³-hybridized carbons (Fsp3) is 0. The summed E-state index contributed by atoms with van der Waals surface area (Å²) in [5.41, 5.74) is 7.39. The molecule has 4 heteroatoms. The normalized spacial score (nSPS) is 11.6. The summed E-state index contributed by atoms with van der Waals surface area (Å²) in [6.45, 7) is 0. The van der Waals surface area contributed by atoms with Crippen molar-refractivity contribution in [2.75, 3.05) is 4.90 Å². The SMILES string of the molecule is c1ccc(N(c2ccccc2)c2ccc3oc4cccc(-c5nc6c(ccc7ccccc76)o5)c4c3c2)cc1. The highest BCUT2D eigenvalue weighted by Gasteiger charge is 2.20. The first-order valence-corrected chi connectivity index (χ1v) is 13.0. The third-order valence-corrected chi connectivity index (χ3v) is 7.28. The van der Waals surface area contributed by atoms with E-state index in [1.54, 1.807) is 0 Å². The van der Waals surface area contributed by atoms with Crippen LogP contribution in [0.5, 0.6) is 0 Å². The Balaban J connectivity index is 1.36. The van der Waals surface area contributed by atoms with Crippen LogP contribution in [0.25, 0.3) is 55.3 Å². The first-order chi connectivity index (χ1) is 19.3. The average Bonchev–Trinajstić information content (AvgIpc) is 3.60. The highest BCUT2D eigenvalue weighted by molar-refractivity contribution is 6.13. The van der Waals surface area contributed by atoms with E-state index < -0.39 is 0 Å². The van der Waals surface area contributed by atoms with Crippen molar-refractivity contribution in [3.05, 3.63) is 133 Å². The molecule has 0 amide bonds. The van der Waals surface area contributed by atoms with E-state index in [1.165, 1.54) is 0 Å². The molecule has 2 aromatic heterocycles. The first-order valence-electron chi connectivity index (χ1n) is 13.0. The molecule has 8 rings (SSSR count). The fourth-order valence-electron chi connectivity index (χ4n) is 5.51. The molecule has 0 radical (unpaired) electrons. The molecule has 8 aromatic rings.